The second-order valence-corrected chi connectivity index (χ2v) is 4.42. The van der Waals surface area contributed by atoms with Crippen molar-refractivity contribution in [3.05, 3.63) is 24.3 Å². The highest BCUT2D eigenvalue weighted by Crippen LogP contribution is 2.59. The number of rotatable bonds is 1. The second-order valence-electron chi connectivity index (χ2n) is 4.42. The van der Waals surface area contributed by atoms with Crippen LogP contribution >= 0.6 is 0 Å². The molecule has 3 rings (SSSR count). The molecule has 0 amide bonds. The Kier molecular flexibility index (Phi) is 1.47. The van der Waals surface area contributed by atoms with E-state index in [0.29, 0.717) is 17.8 Å². The molecule has 0 saturated heterocycles. The molecule has 2 nitrogen and oxygen atoms in total. The first kappa shape index (κ1) is 7.77. The SMILES string of the molecule is OC[C@H]1[C@@H]2C=C[C@H]3[C@H](C=C[C@H]2O)[C@H]31. The lowest BCUT2D eigenvalue weighted by Crippen LogP contribution is -2.30. The monoisotopic (exact) mass is 178 g/mol. The van der Waals surface area contributed by atoms with E-state index in [9.17, 15) is 10.2 Å². The predicted molar refractivity (Wildman–Crippen MR) is 48.8 cm³/mol. The van der Waals surface area contributed by atoms with Crippen molar-refractivity contribution in [3.8, 4) is 0 Å². The highest BCUT2D eigenvalue weighted by Gasteiger charge is 2.56. The zero-order valence-corrected chi connectivity index (χ0v) is 7.38. The van der Waals surface area contributed by atoms with Crippen LogP contribution in [0.1, 0.15) is 0 Å². The number of allylic oxidation sites excluding steroid dienone is 2. The van der Waals surface area contributed by atoms with Crippen LogP contribution in [0.2, 0.25) is 0 Å². The number of hydrogen-bond acceptors (Lipinski definition) is 2. The molecule has 3 aliphatic carbocycles. The summed E-state index contributed by atoms with van der Waals surface area (Å²) in [6, 6.07) is 0. The van der Waals surface area contributed by atoms with E-state index in [2.05, 4.69) is 18.2 Å². The first-order chi connectivity index (χ1) is 6.33. The molecule has 0 unspecified atom stereocenters. The van der Waals surface area contributed by atoms with Crippen molar-refractivity contribution < 1.29 is 10.2 Å². The third-order valence-electron chi connectivity index (χ3n) is 3.87. The summed E-state index contributed by atoms with van der Waals surface area (Å²) in [5, 5.41) is 19.0. The topological polar surface area (TPSA) is 40.5 Å². The molecule has 0 spiro atoms. The van der Waals surface area contributed by atoms with Crippen molar-refractivity contribution in [2.45, 2.75) is 6.10 Å². The summed E-state index contributed by atoms with van der Waals surface area (Å²) in [5.41, 5.74) is 0. The predicted octanol–water partition coefficient (Wildman–Crippen LogP) is 0.574. The van der Waals surface area contributed by atoms with E-state index in [1.54, 1.807) is 0 Å². The summed E-state index contributed by atoms with van der Waals surface area (Å²) in [7, 11) is 0. The molecule has 2 bridgehead atoms. The fraction of sp³-hybridized carbons (Fsp3) is 0.636. The molecule has 70 valence electrons. The second kappa shape index (κ2) is 2.46. The Morgan fingerprint density at radius 3 is 2.23 bits per heavy atom. The molecule has 13 heavy (non-hydrogen) atoms. The van der Waals surface area contributed by atoms with Crippen LogP contribution < -0.4 is 0 Å². The lowest BCUT2D eigenvalue weighted by molar-refractivity contribution is 0.0885. The van der Waals surface area contributed by atoms with E-state index < -0.39 is 0 Å². The smallest absolute Gasteiger partial charge is 0.0787 e. The molecular weight excluding hydrogens is 164 g/mol. The first-order valence-electron chi connectivity index (χ1n) is 4.98. The van der Waals surface area contributed by atoms with Gasteiger partial charge in [-0.3, -0.25) is 0 Å². The van der Waals surface area contributed by atoms with Crippen LogP contribution in [0.4, 0.5) is 0 Å². The van der Waals surface area contributed by atoms with Gasteiger partial charge in [-0.1, -0.05) is 24.3 Å². The van der Waals surface area contributed by atoms with Gasteiger partial charge in [0.2, 0.25) is 0 Å². The van der Waals surface area contributed by atoms with Crippen molar-refractivity contribution in [2.75, 3.05) is 6.61 Å². The lowest BCUT2D eigenvalue weighted by Gasteiger charge is -2.27. The normalized spacial score (nSPS) is 56.2. The van der Waals surface area contributed by atoms with Gasteiger partial charge in [0.25, 0.3) is 0 Å². The Morgan fingerprint density at radius 1 is 0.923 bits per heavy atom. The van der Waals surface area contributed by atoms with E-state index in [4.69, 9.17) is 0 Å². The van der Waals surface area contributed by atoms with Gasteiger partial charge in [0.15, 0.2) is 0 Å². The maximum atomic E-state index is 9.76. The largest absolute Gasteiger partial charge is 0.396 e. The molecule has 1 fully saturated rings. The highest BCUT2D eigenvalue weighted by atomic mass is 16.3. The van der Waals surface area contributed by atoms with Crippen LogP contribution in [0.5, 0.6) is 0 Å². The van der Waals surface area contributed by atoms with Gasteiger partial charge >= 0.3 is 0 Å². The summed E-state index contributed by atoms with van der Waals surface area (Å²) in [6.45, 7) is 0.214. The number of aliphatic hydroxyl groups is 2. The van der Waals surface area contributed by atoms with Gasteiger partial charge in [-0.2, -0.15) is 0 Å². The van der Waals surface area contributed by atoms with Crippen molar-refractivity contribution in [1.82, 2.24) is 0 Å². The fourth-order valence-corrected chi connectivity index (χ4v) is 3.11. The summed E-state index contributed by atoms with van der Waals surface area (Å²) >= 11 is 0. The summed E-state index contributed by atoms with van der Waals surface area (Å²) in [5.74, 6) is 2.28. The lowest BCUT2D eigenvalue weighted by atomic mass is 9.81. The highest BCUT2D eigenvalue weighted by molar-refractivity contribution is 5.27. The molecule has 0 aromatic rings. The average Bonchev–Trinajstić information content (AvgIpc) is 2.84. The molecule has 0 radical (unpaired) electrons. The molecule has 1 saturated carbocycles. The number of fused-ring (bicyclic) bond motifs is 2. The van der Waals surface area contributed by atoms with E-state index in [0.717, 1.165) is 0 Å². The van der Waals surface area contributed by atoms with E-state index in [-0.39, 0.29) is 24.5 Å². The Hall–Kier alpha value is -0.600. The number of hydrogen-bond donors (Lipinski definition) is 2. The number of aliphatic hydroxyl groups excluding tert-OH is 2. The van der Waals surface area contributed by atoms with Gasteiger partial charge in [0.05, 0.1) is 6.10 Å². The van der Waals surface area contributed by atoms with Gasteiger partial charge in [0, 0.05) is 12.5 Å². The van der Waals surface area contributed by atoms with Crippen LogP contribution in [0.3, 0.4) is 0 Å². The molecule has 2 N–H and O–H groups in total. The van der Waals surface area contributed by atoms with Gasteiger partial charge in [-0.15, -0.1) is 0 Å². The molecule has 0 aromatic carbocycles. The zero-order chi connectivity index (χ0) is 9.00. The van der Waals surface area contributed by atoms with Gasteiger partial charge in [-0.25, -0.2) is 0 Å². The van der Waals surface area contributed by atoms with E-state index >= 15 is 0 Å². The third kappa shape index (κ3) is 0.903. The summed E-state index contributed by atoms with van der Waals surface area (Å²) in [4.78, 5) is 0. The van der Waals surface area contributed by atoms with E-state index in [1.165, 1.54) is 0 Å². The van der Waals surface area contributed by atoms with Crippen molar-refractivity contribution >= 4 is 0 Å². The minimum absolute atomic E-state index is 0.148. The molecule has 0 heterocycles. The molecule has 2 heteroatoms. The van der Waals surface area contributed by atoms with Crippen molar-refractivity contribution in [3.63, 3.8) is 0 Å². The average molecular weight is 178 g/mol. The maximum Gasteiger partial charge on any atom is 0.0787 e. The Morgan fingerprint density at radius 2 is 1.54 bits per heavy atom. The minimum Gasteiger partial charge on any atom is -0.396 e. The molecule has 0 aromatic heterocycles. The van der Waals surface area contributed by atoms with Crippen LogP contribution in [0.15, 0.2) is 24.3 Å². The van der Waals surface area contributed by atoms with Crippen LogP contribution in [-0.4, -0.2) is 22.9 Å². The Bertz CT molecular complexity index is 278. The molecule has 3 aliphatic rings. The Labute approximate surface area is 77.6 Å². The molecule has 0 aliphatic heterocycles. The summed E-state index contributed by atoms with van der Waals surface area (Å²) < 4.78 is 0. The fourth-order valence-electron chi connectivity index (χ4n) is 3.11. The minimum atomic E-state index is -0.387. The third-order valence-corrected chi connectivity index (χ3v) is 3.87. The molecule has 6 atom stereocenters. The van der Waals surface area contributed by atoms with Crippen LogP contribution in [0, 0.1) is 29.6 Å². The molecular formula is C11H14O2. The quantitative estimate of drug-likeness (QED) is 0.576. The van der Waals surface area contributed by atoms with Crippen molar-refractivity contribution in [2.24, 2.45) is 29.6 Å². The van der Waals surface area contributed by atoms with Crippen molar-refractivity contribution in [1.29, 1.82) is 0 Å². The van der Waals surface area contributed by atoms with Crippen LogP contribution in [0.25, 0.3) is 0 Å². The van der Waals surface area contributed by atoms with Gasteiger partial charge < -0.3 is 10.2 Å². The summed E-state index contributed by atoms with van der Waals surface area (Å²) in [6.07, 6.45) is 7.96. The first-order valence-corrected chi connectivity index (χ1v) is 4.98. The van der Waals surface area contributed by atoms with E-state index in [1.807, 2.05) is 6.08 Å². The standard InChI is InChI=1S/C11H14O2/c12-5-9-6-1-2-7-8(11(7)9)3-4-10(6)13/h1-4,6-13H,5H2/t6-,7-,8-,9-,10+,11-/m0/s1. The zero-order valence-electron chi connectivity index (χ0n) is 7.38. The maximum absolute atomic E-state index is 9.76. The Balaban J connectivity index is 2.00. The van der Waals surface area contributed by atoms with Crippen LogP contribution in [-0.2, 0) is 0 Å². The van der Waals surface area contributed by atoms with Gasteiger partial charge in [0.1, 0.15) is 0 Å². The van der Waals surface area contributed by atoms with Gasteiger partial charge in [-0.05, 0) is 23.7 Å².